The molecule has 1 aromatic heterocycles. The Morgan fingerprint density at radius 1 is 1.16 bits per heavy atom. The smallest absolute Gasteiger partial charge is 0.410 e. The predicted molar refractivity (Wildman–Crippen MR) is 121 cm³/mol. The Balaban J connectivity index is 1.66. The van der Waals surface area contributed by atoms with E-state index in [9.17, 15) is 13.2 Å². The second-order valence-corrected chi connectivity index (χ2v) is 12.6. The summed E-state index contributed by atoms with van der Waals surface area (Å²) in [5.74, 6) is 0.614. The third-order valence-corrected chi connectivity index (χ3v) is 9.44. The van der Waals surface area contributed by atoms with Crippen molar-refractivity contribution in [3.63, 3.8) is 0 Å². The second-order valence-electron chi connectivity index (χ2n) is 9.69. The first-order chi connectivity index (χ1) is 15.0. The normalized spacial score (nSPS) is 22.0. The zero-order valence-electron chi connectivity index (χ0n) is 18.8. The summed E-state index contributed by atoms with van der Waals surface area (Å²) in [5.41, 5.74) is -0.186. The molecule has 4 rings (SSSR count). The van der Waals surface area contributed by atoms with Gasteiger partial charge in [-0.25, -0.2) is 23.2 Å². The molecule has 0 aromatic carbocycles. The quantitative estimate of drug-likeness (QED) is 0.598. The molecular weight excluding hydrogens is 456 g/mol. The van der Waals surface area contributed by atoms with Crippen LogP contribution >= 0.6 is 11.6 Å². The molecule has 178 valence electrons. The molecule has 0 spiro atoms. The maximum absolute atomic E-state index is 13.7. The van der Waals surface area contributed by atoms with Gasteiger partial charge in [0.1, 0.15) is 16.2 Å². The minimum absolute atomic E-state index is 0.0314. The molecule has 3 fully saturated rings. The van der Waals surface area contributed by atoms with Crippen LogP contribution in [0.3, 0.4) is 0 Å². The third kappa shape index (κ3) is 4.68. The van der Waals surface area contributed by atoms with E-state index in [0.717, 1.165) is 0 Å². The number of carbonyl (C=O) groups is 1. The van der Waals surface area contributed by atoms with Gasteiger partial charge in [0.2, 0.25) is 5.28 Å². The summed E-state index contributed by atoms with van der Waals surface area (Å²) in [4.78, 5) is 24.9. The summed E-state index contributed by atoms with van der Waals surface area (Å²) in [5, 5.41) is -0.333. The fourth-order valence-corrected chi connectivity index (χ4v) is 7.07. The van der Waals surface area contributed by atoms with E-state index in [1.54, 1.807) is 11.0 Å². The lowest BCUT2D eigenvalue weighted by Gasteiger charge is -2.41. The Labute approximate surface area is 194 Å². The Hall–Kier alpha value is -1.65. The summed E-state index contributed by atoms with van der Waals surface area (Å²) in [6.45, 7) is 8.45. The minimum atomic E-state index is -3.52. The number of likely N-dealkylation sites (tertiary alicyclic amines) is 1. The zero-order valence-corrected chi connectivity index (χ0v) is 20.4. The van der Waals surface area contributed by atoms with Gasteiger partial charge in [0.05, 0.1) is 24.2 Å². The number of rotatable bonds is 4. The highest BCUT2D eigenvalue weighted by atomic mass is 35.5. The molecule has 1 amide bonds. The molecule has 1 aliphatic carbocycles. The molecule has 32 heavy (non-hydrogen) atoms. The first-order valence-corrected chi connectivity index (χ1v) is 13.0. The average molecular weight is 487 g/mol. The van der Waals surface area contributed by atoms with Crippen molar-refractivity contribution in [2.45, 2.75) is 62.1 Å². The number of carbonyl (C=O) groups excluding carboxylic acids is 1. The van der Waals surface area contributed by atoms with Crippen molar-refractivity contribution in [3.8, 4) is 0 Å². The van der Waals surface area contributed by atoms with E-state index >= 15 is 0 Å². The van der Waals surface area contributed by atoms with Crippen LogP contribution in [0.15, 0.2) is 6.07 Å². The Morgan fingerprint density at radius 3 is 2.34 bits per heavy atom. The van der Waals surface area contributed by atoms with Gasteiger partial charge in [-0.3, -0.25) is 0 Å². The van der Waals surface area contributed by atoms with E-state index < -0.39 is 26.3 Å². The standard InChI is InChI=1S/C21H31ClN4O5S/c1-20(2,3)31-19(27)26-8-6-21(7-9-26,32(28,29)15-4-5-15)16-14-17(24-18(22)23-16)25-10-12-30-13-11-25/h14-15H,4-13H2,1-3H3. The van der Waals surface area contributed by atoms with Gasteiger partial charge in [0.25, 0.3) is 0 Å². The number of aromatic nitrogens is 2. The van der Waals surface area contributed by atoms with Crippen molar-refractivity contribution in [1.29, 1.82) is 0 Å². The van der Waals surface area contributed by atoms with Gasteiger partial charge in [-0.05, 0) is 58.1 Å². The van der Waals surface area contributed by atoms with Crippen LogP contribution < -0.4 is 4.90 Å². The number of nitrogens with zero attached hydrogens (tertiary/aromatic N) is 4. The third-order valence-electron chi connectivity index (χ3n) is 6.22. The van der Waals surface area contributed by atoms with Gasteiger partial charge in [0.15, 0.2) is 9.84 Å². The zero-order chi connectivity index (χ0) is 23.1. The molecule has 1 aromatic rings. The van der Waals surface area contributed by atoms with Crippen molar-refractivity contribution < 1.29 is 22.7 Å². The minimum Gasteiger partial charge on any atom is -0.444 e. The lowest BCUT2D eigenvalue weighted by molar-refractivity contribution is 0.0191. The highest BCUT2D eigenvalue weighted by Crippen LogP contribution is 2.48. The predicted octanol–water partition coefficient (Wildman–Crippen LogP) is 2.77. The van der Waals surface area contributed by atoms with Gasteiger partial charge in [0, 0.05) is 32.2 Å². The summed E-state index contributed by atoms with van der Waals surface area (Å²) >= 11 is 6.29. The number of hydrogen-bond donors (Lipinski definition) is 0. The lowest BCUT2D eigenvalue weighted by Crippen LogP contribution is -2.51. The summed E-state index contributed by atoms with van der Waals surface area (Å²) in [7, 11) is -3.52. The molecule has 0 N–H and O–H groups in total. The molecule has 9 nitrogen and oxygen atoms in total. The van der Waals surface area contributed by atoms with E-state index in [1.807, 2.05) is 25.7 Å². The van der Waals surface area contributed by atoms with Crippen LogP contribution in [0, 0.1) is 0 Å². The average Bonchev–Trinajstić information content (AvgIpc) is 3.59. The van der Waals surface area contributed by atoms with E-state index in [4.69, 9.17) is 21.1 Å². The highest BCUT2D eigenvalue weighted by Gasteiger charge is 2.55. The van der Waals surface area contributed by atoms with Gasteiger partial charge < -0.3 is 19.3 Å². The second kappa shape index (κ2) is 8.61. The van der Waals surface area contributed by atoms with Crippen LogP contribution in [0.2, 0.25) is 5.28 Å². The number of anilines is 1. The fraction of sp³-hybridized carbons (Fsp3) is 0.762. The van der Waals surface area contributed by atoms with Crippen LogP contribution in [0.25, 0.3) is 0 Å². The van der Waals surface area contributed by atoms with Crippen LogP contribution in [-0.4, -0.2) is 79.6 Å². The summed E-state index contributed by atoms with van der Waals surface area (Å²) < 4.78 is 37.1. The molecule has 0 unspecified atom stereocenters. The lowest BCUT2D eigenvalue weighted by atomic mass is 9.92. The molecular formula is C21H31ClN4O5S. The fourth-order valence-electron chi connectivity index (χ4n) is 4.35. The molecule has 2 aliphatic heterocycles. The van der Waals surface area contributed by atoms with Crippen LogP contribution in [0.4, 0.5) is 10.6 Å². The monoisotopic (exact) mass is 486 g/mol. The first-order valence-electron chi connectivity index (χ1n) is 11.1. The number of sulfone groups is 1. The first kappa shape index (κ1) is 23.5. The van der Waals surface area contributed by atoms with Crippen molar-refractivity contribution >= 4 is 33.3 Å². The number of amides is 1. The van der Waals surface area contributed by atoms with E-state index in [1.165, 1.54) is 0 Å². The summed E-state index contributed by atoms with van der Waals surface area (Å²) in [6.07, 6.45) is 1.40. The Bertz CT molecular complexity index is 963. The molecule has 3 aliphatic rings. The molecule has 0 atom stereocenters. The SMILES string of the molecule is CC(C)(C)OC(=O)N1CCC(c2cc(N3CCOCC3)nc(Cl)n2)(S(=O)(=O)C2CC2)CC1. The summed E-state index contributed by atoms with van der Waals surface area (Å²) in [6, 6.07) is 1.76. The molecule has 0 bridgehead atoms. The number of ether oxygens (including phenoxy) is 2. The molecule has 2 saturated heterocycles. The number of piperidine rings is 1. The molecule has 11 heteroatoms. The number of morpholine rings is 1. The van der Waals surface area contributed by atoms with Crippen LogP contribution in [0.1, 0.15) is 52.1 Å². The maximum atomic E-state index is 13.7. The maximum Gasteiger partial charge on any atom is 0.410 e. The van der Waals surface area contributed by atoms with Crippen molar-refractivity contribution in [3.05, 3.63) is 17.0 Å². The largest absolute Gasteiger partial charge is 0.444 e. The van der Waals surface area contributed by atoms with E-state index in [-0.39, 0.29) is 36.5 Å². The molecule has 1 saturated carbocycles. The number of hydrogen-bond acceptors (Lipinski definition) is 8. The van der Waals surface area contributed by atoms with E-state index in [2.05, 4.69) is 9.97 Å². The highest BCUT2D eigenvalue weighted by molar-refractivity contribution is 7.93. The number of halogens is 1. The van der Waals surface area contributed by atoms with Gasteiger partial charge in [-0.1, -0.05) is 0 Å². The molecule has 0 radical (unpaired) electrons. The topological polar surface area (TPSA) is 102 Å². The van der Waals surface area contributed by atoms with Gasteiger partial charge >= 0.3 is 6.09 Å². The van der Waals surface area contributed by atoms with Crippen molar-refractivity contribution in [2.24, 2.45) is 0 Å². The Kier molecular flexibility index (Phi) is 6.32. The van der Waals surface area contributed by atoms with Gasteiger partial charge in [-0.15, -0.1) is 0 Å². The van der Waals surface area contributed by atoms with Crippen molar-refractivity contribution in [1.82, 2.24) is 14.9 Å². The van der Waals surface area contributed by atoms with Crippen molar-refractivity contribution in [2.75, 3.05) is 44.3 Å². The van der Waals surface area contributed by atoms with E-state index in [0.29, 0.717) is 50.7 Å². The molecule has 3 heterocycles. The van der Waals surface area contributed by atoms with Gasteiger partial charge in [-0.2, -0.15) is 0 Å². The Morgan fingerprint density at radius 2 is 1.78 bits per heavy atom. The van der Waals surface area contributed by atoms with Crippen LogP contribution in [-0.2, 0) is 24.1 Å². The van der Waals surface area contributed by atoms with Crippen LogP contribution in [0.5, 0.6) is 0 Å².